The predicted molar refractivity (Wildman–Crippen MR) is 104 cm³/mol. The van der Waals surface area contributed by atoms with E-state index in [4.69, 9.17) is 10.5 Å². The number of benzene rings is 1. The Morgan fingerprint density at radius 2 is 1.73 bits per heavy atom. The molecule has 0 atom stereocenters. The Bertz CT molecular complexity index is 535. The predicted octanol–water partition coefficient (Wildman–Crippen LogP) is 3.35. The summed E-state index contributed by atoms with van der Waals surface area (Å²) in [5.74, 6) is -0.475. The van der Waals surface area contributed by atoms with Crippen molar-refractivity contribution in [3.05, 3.63) is 35.4 Å². The van der Waals surface area contributed by atoms with Gasteiger partial charge in [-0.25, -0.2) is 4.79 Å². The maximum absolute atomic E-state index is 11.7. The van der Waals surface area contributed by atoms with Crippen molar-refractivity contribution in [2.45, 2.75) is 58.4 Å². The summed E-state index contributed by atoms with van der Waals surface area (Å²) in [5.41, 5.74) is 6.51. The molecule has 0 saturated heterocycles. The highest BCUT2D eigenvalue weighted by Gasteiger charge is 2.03. The largest absolute Gasteiger partial charge is 0.381 e. The third-order valence-electron chi connectivity index (χ3n) is 4.06. The second-order valence-corrected chi connectivity index (χ2v) is 6.41. The lowest BCUT2D eigenvalue weighted by molar-refractivity contribution is 0.1000. The maximum atomic E-state index is 11.7. The molecule has 0 unspecified atom stereocenters. The zero-order chi connectivity index (χ0) is 19.0. The molecule has 0 aliphatic heterocycles. The lowest BCUT2D eigenvalue weighted by Crippen LogP contribution is -2.35. The SMILES string of the molecule is CCCCCCCCOCCCNC(=O)NCc1cccc(C(N)=O)c1. The summed E-state index contributed by atoms with van der Waals surface area (Å²) < 4.78 is 5.57. The van der Waals surface area contributed by atoms with Crippen LogP contribution in [0.1, 0.15) is 67.8 Å². The number of carbonyl (C=O) groups is 2. The van der Waals surface area contributed by atoms with Crippen LogP contribution in [-0.2, 0) is 11.3 Å². The molecule has 0 bridgehead atoms. The van der Waals surface area contributed by atoms with E-state index in [-0.39, 0.29) is 6.03 Å². The molecule has 0 spiro atoms. The van der Waals surface area contributed by atoms with Crippen molar-refractivity contribution in [2.24, 2.45) is 5.73 Å². The zero-order valence-electron chi connectivity index (χ0n) is 15.9. The number of ether oxygens (including phenoxy) is 1. The van der Waals surface area contributed by atoms with Crippen molar-refractivity contribution < 1.29 is 14.3 Å². The molecule has 26 heavy (non-hydrogen) atoms. The van der Waals surface area contributed by atoms with Gasteiger partial charge in [0.2, 0.25) is 5.91 Å². The summed E-state index contributed by atoms with van der Waals surface area (Å²) in [4.78, 5) is 22.9. The summed E-state index contributed by atoms with van der Waals surface area (Å²) in [7, 11) is 0. The molecule has 6 nitrogen and oxygen atoms in total. The molecule has 3 amide bonds. The third kappa shape index (κ3) is 10.7. The molecule has 0 aromatic heterocycles. The lowest BCUT2D eigenvalue weighted by atomic mass is 10.1. The van der Waals surface area contributed by atoms with E-state index >= 15 is 0 Å². The van der Waals surface area contributed by atoms with E-state index in [9.17, 15) is 9.59 Å². The molecule has 4 N–H and O–H groups in total. The Hall–Kier alpha value is -2.08. The van der Waals surface area contributed by atoms with Gasteiger partial charge in [0.1, 0.15) is 0 Å². The third-order valence-corrected chi connectivity index (χ3v) is 4.06. The Balaban J connectivity index is 1.99. The number of urea groups is 1. The fourth-order valence-electron chi connectivity index (χ4n) is 2.54. The molecule has 0 fully saturated rings. The van der Waals surface area contributed by atoms with Gasteiger partial charge in [-0.15, -0.1) is 0 Å². The van der Waals surface area contributed by atoms with Gasteiger partial charge in [-0.2, -0.15) is 0 Å². The van der Waals surface area contributed by atoms with Crippen LogP contribution in [0.2, 0.25) is 0 Å². The summed E-state index contributed by atoms with van der Waals surface area (Å²) >= 11 is 0. The highest BCUT2D eigenvalue weighted by molar-refractivity contribution is 5.92. The molecule has 0 aliphatic rings. The van der Waals surface area contributed by atoms with Crippen LogP contribution in [0.25, 0.3) is 0 Å². The van der Waals surface area contributed by atoms with E-state index in [2.05, 4.69) is 17.6 Å². The fourth-order valence-corrected chi connectivity index (χ4v) is 2.54. The minimum atomic E-state index is -0.475. The first-order valence-corrected chi connectivity index (χ1v) is 9.61. The minimum absolute atomic E-state index is 0.231. The first-order valence-electron chi connectivity index (χ1n) is 9.61. The van der Waals surface area contributed by atoms with E-state index in [0.717, 1.165) is 25.0 Å². The second-order valence-electron chi connectivity index (χ2n) is 6.41. The van der Waals surface area contributed by atoms with Gasteiger partial charge in [0.15, 0.2) is 0 Å². The molecule has 0 radical (unpaired) electrons. The normalized spacial score (nSPS) is 10.5. The van der Waals surface area contributed by atoms with E-state index in [1.54, 1.807) is 18.2 Å². The van der Waals surface area contributed by atoms with Gasteiger partial charge in [-0.3, -0.25) is 4.79 Å². The number of nitrogens with one attached hydrogen (secondary N) is 2. The first-order chi connectivity index (χ1) is 12.6. The standard InChI is InChI=1S/C20H33N3O3/c1-2-3-4-5-6-7-13-26-14-9-12-22-20(25)23-16-17-10-8-11-18(15-17)19(21)24/h8,10-11,15H,2-7,9,12-14,16H2,1H3,(H2,21,24)(H2,22,23,25). The van der Waals surface area contributed by atoms with Crippen molar-refractivity contribution in [3.63, 3.8) is 0 Å². The Labute approximate surface area is 156 Å². The van der Waals surface area contributed by atoms with E-state index < -0.39 is 5.91 Å². The molecule has 0 heterocycles. The lowest BCUT2D eigenvalue weighted by Gasteiger charge is -2.09. The maximum Gasteiger partial charge on any atom is 0.315 e. The van der Waals surface area contributed by atoms with Crippen molar-refractivity contribution >= 4 is 11.9 Å². The second kappa shape index (κ2) is 14.1. The van der Waals surface area contributed by atoms with Crippen molar-refractivity contribution in [2.75, 3.05) is 19.8 Å². The summed E-state index contributed by atoms with van der Waals surface area (Å²) in [6, 6.07) is 6.68. The van der Waals surface area contributed by atoms with Crippen molar-refractivity contribution in [1.82, 2.24) is 10.6 Å². The van der Waals surface area contributed by atoms with Gasteiger partial charge in [-0.05, 0) is 30.5 Å². The number of nitrogens with two attached hydrogens (primary N) is 1. The Morgan fingerprint density at radius 3 is 2.50 bits per heavy atom. The van der Waals surface area contributed by atoms with Crippen LogP contribution in [0.5, 0.6) is 0 Å². The van der Waals surface area contributed by atoms with Crippen molar-refractivity contribution in [3.8, 4) is 0 Å². The quantitative estimate of drug-likeness (QED) is 0.442. The number of amides is 3. The molecule has 1 aromatic rings. The molecular weight excluding hydrogens is 330 g/mol. The van der Waals surface area contributed by atoms with Crippen LogP contribution < -0.4 is 16.4 Å². The number of rotatable bonds is 14. The van der Waals surface area contributed by atoms with Crippen LogP contribution in [0.15, 0.2) is 24.3 Å². The molecule has 0 aliphatic carbocycles. The van der Waals surface area contributed by atoms with Crippen LogP contribution in [0.3, 0.4) is 0 Å². The van der Waals surface area contributed by atoms with E-state index in [1.807, 2.05) is 6.07 Å². The number of hydrogen-bond donors (Lipinski definition) is 3. The highest BCUT2D eigenvalue weighted by Crippen LogP contribution is 2.05. The van der Waals surface area contributed by atoms with Gasteiger partial charge >= 0.3 is 6.03 Å². The fraction of sp³-hybridized carbons (Fsp3) is 0.600. The molecular formula is C20H33N3O3. The van der Waals surface area contributed by atoms with E-state index in [1.165, 1.54) is 32.1 Å². The topological polar surface area (TPSA) is 93.4 Å². The molecule has 1 aromatic carbocycles. The summed E-state index contributed by atoms with van der Waals surface area (Å²) in [6.07, 6.45) is 8.35. The molecule has 6 heteroatoms. The summed E-state index contributed by atoms with van der Waals surface area (Å²) in [5, 5.41) is 5.55. The first kappa shape index (κ1) is 22.0. The molecule has 1 rings (SSSR count). The number of primary amides is 1. The smallest absolute Gasteiger partial charge is 0.315 e. The highest BCUT2D eigenvalue weighted by atomic mass is 16.5. The van der Waals surface area contributed by atoms with Crippen molar-refractivity contribution in [1.29, 1.82) is 0 Å². The van der Waals surface area contributed by atoms with Gasteiger partial charge in [0.05, 0.1) is 0 Å². The Kier molecular flexibility index (Phi) is 11.9. The van der Waals surface area contributed by atoms with Gasteiger partial charge in [0.25, 0.3) is 0 Å². The van der Waals surface area contributed by atoms with Gasteiger partial charge < -0.3 is 21.1 Å². The monoisotopic (exact) mass is 363 g/mol. The minimum Gasteiger partial charge on any atom is -0.381 e. The van der Waals surface area contributed by atoms with Gasteiger partial charge in [0, 0.05) is 31.9 Å². The number of carbonyl (C=O) groups excluding carboxylic acids is 2. The van der Waals surface area contributed by atoms with E-state index in [0.29, 0.717) is 25.3 Å². The molecule has 146 valence electrons. The van der Waals surface area contributed by atoms with Crippen LogP contribution in [-0.4, -0.2) is 31.7 Å². The Morgan fingerprint density at radius 1 is 1.00 bits per heavy atom. The van der Waals surface area contributed by atoms with Crippen LogP contribution in [0.4, 0.5) is 4.79 Å². The average molecular weight is 364 g/mol. The molecule has 0 saturated carbocycles. The van der Waals surface area contributed by atoms with Crippen LogP contribution in [0, 0.1) is 0 Å². The number of hydrogen-bond acceptors (Lipinski definition) is 3. The zero-order valence-corrected chi connectivity index (χ0v) is 15.9. The average Bonchev–Trinajstić information content (AvgIpc) is 2.64. The number of unbranched alkanes of at least 4 members (excludes halogenated alkanes) is 5. The van der Waals surface area contributed by atoms with Gasteiger partial charge in [-0.1, -0.05) is 51.2 Å². The summed E-state index contributed by atoms with van der Waals surface area (Å²) in [6.45, 7) is 4.61. The van der Waals surface area contributed by atoms with Crippen LogP contribution >= 0.6 is 0 Å².